The number of hydrogen-bond acceptors (Lipinski definition) is 3. The molecule has 15 heavy (non-hydrogen) atoms. The zero-order chi connectivity index (χ0) is 11.7. The van der Waals surface area contributed by atoms with E-state index in [0.29, 0.717) is 6.42 Å². The summed E-state index contributed by atoms with van der Waals surface area (Å²) in [5.41, 5.74) is -0.0978. The molecule has 0 fully saturated rings. The topological polar surface area (TPSA) is 35.5 Å². The van der Waals surface area contributed by atoms with E-state index in [0.717, 1.165) is 32.5 Å². The molecule has 0 saturated heterocycles. The standard InChI is InChI=1S/C12H24O3/c1-11(13)7-5-6-9-15-10-8-12(2,3)14-4/h5-10H2,1-4H3. The van der Waals surface area contributed by atoms with Crippen LogP contribution in [0.2, 0.25) is 0 Å². The number of carbonyl (C=O) groups excluding carboxylic acids is 1. The Balaban J connectivity index is 3.22. The van der Waals surface area contributed by atoms with Crippen LogP contribution >= 0.6 is 0 Å². The van der Waals surface area contributed by atoms with Gasteiger partial charge in [-0.05, 0) is 40.0 Å². The molecule has 90 valence electrons. The fraction of sp³-hybridized carbons (Fsp3) is 0.917. The molecule has 0 aromatic rings. The van der Waals surface area contributed by atoms with Gasteiger partial charge in [-0.3, -0.25) is 0 Å². The van der Waals surface area contributed by atoms with E-state index in [1.807, 2.05) is 13.8 Å². The van der Waals surface area contributed by atoms with Crippen molar-refractivity contribution in [3.05, 3.63) is 0 Å². The summed E-state index contributed by atoms with van der Waals surface area (Å²) in [6, 6.07) is 0. The van der Waals surface area contributed by atoms with Crippen LogP contribution in [0.4, 0.5) is 0 Å². The van der Waals surface area contributed by atoms with Crippen molar-refractivity contribution in [1.82, 2.24) is 0 Å². The van der Waals surface area contributed by atoms with Crippen LogP contribution in [0.15, 0.2) is 0 Å². The van der Waals surface area contributed by atoms with Gasteiger partial charge in [0, 0.05) is 26.7 Å². The maximum Gasteiger partial charge on any atom is 0.129 e. The van der Waals surface area contributed by atoms with E-state index in [9.17, 15) is 4.79 Å². The summed E-state index contributed by atoms with van der Waals surface area (Å²) in [4.78, 5) is 10.6. The molecular weight excluding hydrogens is 192 g/mol. The molecule has 0 aromatic heterocycles. The normalized spacial score (nSPS) is 11.7. The second kappa shape index (κ2) is 7.83. The molecule has 0 unspecified atom stereocenters. The summed E-state index contributed by atoms with van der Waals surface area (Å²) in [7, 11) is 1.72. The fourth-order valence-electron chi connectivity index (χ4n) is 1.10. The average molecular weight is 216 g/mol. The lowest BCUT2D eigenvalue weighted by Crippen LogP contribution is -2.24. The number of ether oxygens (including phenoxy) is 2. The van der Waals surface area contributed by atoms with E-state index in [1.54, 1.807) is 14.0 Å². The van der Waals surface area contributed by atoms with Crippen molar-refractivity contribution in [2.75, 3.05) is 20.3 Å². The van der Waals surface area contributed by atoms with Crippen LogP contribution in [0.1, 0.15) is 46.5 Å². The number of carbonyl (C=O) groups is 1. The van der Waals surface area contributed by atoms with Gasteiger partial charge in [0.2, 0.25) is 0 Å². The zero-order valence-corrected chi connectivity index (χ0v) is 10.5. The number of hydrogen-bond donors (Lipinski definition) is 0. The minimum absolute atomic E-state index is 0.0978. The Kier molecular flexibility index (Phi) is 7.61. The predicted octanol–water partition coefficient (Wildman–Crippen LogP) is 2.58. The molecule has 0 saturated carbocycles. The summed E-state index contributed by atoms with van der Waals surface area (Å²) < 4.78 is 10.7. The van der Waals surface area contributed by atoms with Crippen molar-refractivity contribution in [3.8, 4) is 0 Å². The van der Waals surface area contributed by atoms with Crippen LogP contribution in [0.3, 0.4) is 0 Å². The van der Waals surface area contributed by atoms with E-state index < -0.39 is 0 Å². The Morgan fingerprint density at radius 1 is 1.20 bits per heavy atom. The maximum absolute atomic E-state index is 10.6. The second-order valence-corrected chi connectivity index (χ2v) is 4.49. The molecule has 0 heterocycles. The van der Waals surface area contributed by atoms with Crippen molar-refractivity contribution in [2.24, 2.45) is 0 Å². The summed E-state index contributed by atoms with van der Waals surface area (Å²) in [5.74, 6) is 0.260. The lowest BCUT2D eigenvalue weighted by atomic mass is 10.1. The molecule has 0 aliphatic rings. The Bertz CT molecular complexity index is 176. The number of methoxy groups -OCH3 is 1. The van der Waals surface area contributed by atoms with Crippen LogP contribution in [-0.4, -0.2) is 31.7 Å². The van der Waals surface area contributed by atoms with Crippen molar-refractivity contribution in [2.45, 2.75) is 52.1 Å². The molecule has 3 heteroatoms. The SMILES string of the molecule is COC(C)(C)CCOCCCCC(C)=O. The first-order valence-corrected chi connectivity index (χ1v) is 5.60. The van der Waals surface area contributed by atoms with Gasteiger partial charge in [-0.1, -0.05) is 0 Å². The van der Waals surface area contributed by atoms with E-state index >= 15 is 0 Å². The third-order valence-electron chi connectivity index (χ3n) is 2.47. The number of ketones is 1. The second-order valence-electron chi connectivity index (χ2n) is 4.49. The molecular formula is C12H24O3. The van der Waals surface area contributed by atoms with Crippen LogP contribution in [0.5, 0.6) is 0 Å². The molecule has 0 atom stereocenters. The summed E-state index contributed by atoms with van der Waals surface area (Å²) >= 11 is 0. The molecule has 0 spiro atoms. The Morgan fingerprint density at radius 3 is 2.40 bits per heavy atom. The van der Waals surface area contributed by atoms with Gasteiger partial charge in [-0.2, -0.15) is 0 Å². The highest BCUT2D eigenvalue weighted by molar-refractivity contribution is 5.75. The number of unbranched alkanes of at least 4 members (excludes halogenated alkanes) is 1. The van der Waals surface area contributed by atoms with Gasteiger partial charge in [0.25, 0.3) is 0 Å². The third-order valence-corrected chi connectivity index (χ3v) is 2.47. The molecule has 0 aliphatic heterocycles. The quantitative estimate of drug-likeness (QED) is 0.556. The molecule has 0 aliphatic carbocycles. The van der Waals surface area contributed by atoms with E-state index in [2.05, 4.69) is 0 Å². The highest BCUT2D eigenvalue weighted by Gasteiger charge is 2.15. The van der Waals surface area contributed by atoms with Crippen LogP contribution in [-0.2, 0) is 14.3 Å². The monoisotopic (exact) mass is 216 g/mol. The predicted molar refractivity (Wildman–Crippen MR) is 61.1 cm³/mol. The molecule has 0 amide bonds. The van der Waals surface area contributed by atoms with E-state index in [4.69, 9.17) is 9.47 Å². The van der Waals surface area contributed by atoms with Crippen LogP contribution < -0.4 is 0 Å². The van der Waals surface area contributed by atoms with Crippen LogP contribution in [0.25, 0.3) is 0 Å². The highest BCUT2D eigenvalue weighted by atomic mass is 16.5. The van der Waals surface area contributed by atoms with Gasteiger partial charge < -0.3 is 14.3 Å². The molecule has 0 bridgehead atoms. The third kappa shape index (κ3) is 9.88. The van der Waals surface area contributed by atoms with Crippen molar-refractivity contribution >= 4 is 5.78 Å². The first-order valence-electron chi connectivity index (χ1n) is 5.60. The summed E-state index contributed by atoms with van der Waals surface area (Å²) in [5, 5.41) is 0. The molecule has 3 nitrogen and oxygen atoms in total. The molecule has 0 rings (SSSR count). The van der Waals surface area contributed by atoms with Gasteiger partial charge in [0.15, 0.2) is 0 Å². The van der Waals surface area contributed by atoms with Crippen molar-refractivity contribution < 1.29 is 14.3 Å². The lowest BCUT2D eigenvalue weighted by molar-refractivity contribution is -0.117. The number of rotatable bonds is 9. The first kappa shape index (κ1) is 14.6. The number of Topliss-reactive ketones (excluding diaryl/α,β-unsaturated/α-hetero) is 1. The summed E-state index contributed by atoms with van der Waals surface area (Å²) in [6.07, 6.45) is 3.47. The molecule has 0 radical (unpaired) electrons. The van der Waals surface area contributed by atoms with E-state index in [1.165, 1.54) is 0 Å². The molecule has 0 aromatic carbocycles. The Morgan fingerprint density at radius 2 is 1.87 bits per heavy atom. The summed E-state index contributed by atoms with van der Waals surface area (Å²) in [6.45, 7) is 7.19. The van der Waals surface area contributed by atoms with Crippen molar-refractivity contribution in [3.63, 3.8) is 0 Å². The lowest BCUT2D eigenvalue weighted by Gasteiger charge is -2.22. The Hall–Kier alpha value is -0.410. The smallest absolute Gasteiger partial charge is 0.129 e. The first-order chi connectivity index (χ1) is 6.98. The minimum atomic E-state index is -0.0978. The van der Waals surface area contributed by atoms with Crippen LogP contribution in [0, 0.1) is 0 Å². The Labute approximate surface area is 93.1 Å². The largest absolute Gasteiger partial charge is 0.381 e. The van der Waals surface area contributed by atoms with Gasteiger partial charge in [0.05, 0.1) is 5.60 Å². The zero-order valence-electron chi connectivity index (χ0n) is 10.5. The van der Waals surface area contributed by atoms with E-state index in [-0.39, 0.29) is 11.4 Å². The maximum atomic E-state index is 10.6. The van der Waals surface area contributed by atoms with Gasteiger partial charge in [-0.15, -0.1) is 0 Å². The highest BCUT2D eigenvalue weighted by Crippen LogP contribution is 2.12. The van der Waals surface area contributed by atoms with Crippen molar-refractivity contribution in [1.29, 1.82) is 0 Å². The fourth-order valence-corrected chi connectivity index (χ4v) is 1.10. The van der Waals surface area contributed by atoms with Gasteiger partial charge in [0.1, 0.15) is 5.78 Å². The average Bonchev–Trinajstić information content (AvgIpc) is 2.16. The van der Waals surface area contributed by atoms with Gasteiger partial charge >= 0.3 is 0 Å². The van der Waals surface area contributed by atoms with Gasteiger partial charge in [-0.25, -0.2) is 0 Å². The molecule has 0 N–H and O–H groups in total. The minimum Gasteiger partial charge on any atom is -0.381 e.